The molecule has 3 aromatic rings. The van der Waals surface area contributed by atoms with Crippen molar-refractivity contribution < 1.29 is 14.3 Å². The van der Waals surface area contributed by atoms with Gasteiger partial charge in [-0.05, 0) is 18.9 Å². The van der Waals surface area contributed by atoms with Gasteiger partial charge >= 0.3 is 0 Å². The molecule has 2 aromatic heterocycles. The molecule has 1 saturated heterocycles. The molecular formula is C21H19N3O3S2. The third kappa shape index (κ3) is 4.83. The molecule has 1 unspecified atom stereocenters. The van der Waals surface area contributed by atoms with E-state index in [-0.39, 0.29) is 16.4 Å². The van der Waals surface area contributed by atoms with Gasteiger partial charge in [0.2, 0.25) is 11.8 Å². The zero-order valence-corrected chi connectivity index (χ0v) is 17.4. The number of aryl methyl sites for hydroxylation is 1. The van der Waals surface area contributed by atoms with Crippen LogP contribution in [-0.4, -0.2) is 33.0 Å². The van der Waals surface area contributed by atoms with Crippen molar-refractivity contribution in [3.8, 4) is 16.5 Å². The molecule has 1 aromatic carbocycles. The molecule has 1 fully saturated rings. The van der Waals surface area contributed by atoms with E-state index >= 15 is 0 Å². The zero-order chi connectivity index (χ0) is 20.2. The molecule has 0 bridgehead atoms. The predicted octanol–water partition coefficient (Wildman–Crippen LogP) is 4.03. The van der Waals surface area contributed by atoms with E-state index in [1.807, 2.05) is 24.3 Å². The van der Waals surface area contributed by atoms with Crippen LogP contribution in [0.1, 0.15) is 16.1 Å². The average molecular weight is 426 g/mol. The zero-order valence-electron chi connectivity index (χ0n) is 15.8. The molecule has 3 heterocycles. The molecule has 4 rings (SSSR count). The van der Waals surface area contributed by atoms with Crippen LogP contribution in [0.15, 0.2) is 48.7 Å². The summed E-state index contributed by atoms with van der Waals surface area (Å²) in [5.74, 6) is 0.290. The van der Waals surface area contributed by atoms with Crippen molar-refractivity contribution in [2.24, 2.45) is 0 Å². The van der Waals surface area contributed by atoms with Crippen molar-refractivity contribution in [3.05, 3.63) is 64.8 Å². The molecule has 0 radical (unpaired) electrons. The van der Waals surface area contributed by atoms with Crippen LogP contribution in [0.25, 0.3) is 10.6 Å². The predicted molar refractivity (Wildman–Crippen MR) is 114 cm³/mol. The highest BCUT2D eigenvalue weighted by Crippen LogP contribution is 2.28. The fraction of sp³-hybridized carbons (Fsp3) is 0.238. The number of nitrogens with one attached hydrogen (secondary N) is 1. The summed E-state index contributed by atoms with van der Waals surface area (Å²) in [5.41, 5.74) is 3.06. The standard InChI is InChI=1S/C21H19N3O3S2/c1-13-16(23-20(28-13)15-5-3-2-4-6-15)9-10-27-18-8-7-14(12-22-18)11-17-19(25)24-21(26)29-17/h2-8,12,17H,9-11H2,1H3,(H,24,25,26). The van der Waals surface area contributed by atoms with E-state index in [0.717, 1.165) is 33.6 Å². The van der Waals surface area contributed by atoms with Gasteiger partial charge in [0.15, 0.2) is 0 Å². The van der Waals surface area contributed by atoms with Gasteiger partial charge in [-0.2, -0.15) is 0 Å². The third-order valence-corrected chi connectivity index (χ3v) is 6.53. The second-order valence-electron chi connectivity index (χ2n) is 6.58. The number of benzene rings is 1. The average Bonchev–Trinajstić information content (AvgIpc) is 3.25. The second kappa shape index (κ2) is 8.75. The Labute approximate surface area is 176 Å². The number of imide groups is 1. The number of thioether (sulfide) groups is 1. The number of amides is 2. The first-order chi connectivity index (χ1) is 14.1. The number of rotatable bonds is 7. The van der Waals surface area contributed by atoms with E-state index in [1.54, 1.807) is 23.6 Å². The minimum atomic E-state index is -0.387. The van der Waals surface area contributed by atoms with Crippen molar-refractivity contribution in [1.82, 2.24) is 15.3 Å². The molecule has 1 aliphatic heterocycles. The first kappa shape index (κ1) is 19.6. The first-order valence-corrected chi connectivity index (χ1v) is 10.9. The summed E-state index contributed by atoms with van der Waals surface area (Å²) in [6.45, 7) is 2.56. The van der Waals surface area contributed by atoms with Gasteiger partial charge in [0.1, 0.15) is 5.01 Å². The monoisotopic (exact) mass is 425 g/mol. The lowest BCUT2D eigenvalue weighted by atomic mass is 10.1. The summed E-state index contributed by atoms with van der Waals surface area (Å²) in [6, 6.07) is 13.8. The van der Waals surface area contributed by atoms with E-state index < -0.39 is 0 Å². The van der Waals surface area contributed by atoms with Crippen molar-refractivity contribution in [1.29, 1.82) is 0 Å². The molecule has 0 saturated carbocycles. The normalized spacial score (nSPS) is 16.1. The van der Waals surface area contributed by atoms with E-state index in [4.69, 9.17) is 9.72 Å². The van der Waals surface area contributed by atoms with E-state index in [1.165, 1.54) is 4.88 Å². The summed E-state index contributed by atoms with van der Waals surface area (Å²) in [5, 5.41) is 2.64. The Balaban J connectivity index is 1.30. The summed E-state index contributed by atoms with van der Waals surface area (Å²) < 4.78 is 5.76. The number of hydrogen-bond acceptors (Lipinski definition) is 7. The summed E-state index contributed by atoms with van der Waals surface area (Å²) in [4.78, 5) is 33.1. The van der Waals surface area contributed by atoms with Crippen LogP contribution in [-0.2, 0) is 17.6 Å². The molecule has 6 nitrogen and oxygen atoms in total. The molecule has 1 aliphatic rings. The summed E-state index contributed by atoms with van der Waals surface area (Å²) in [7, 11) is 0. The van der Waals surface area contributed by atoms with Crippen LogP contribution in [0.2, 0.25) is 0 Å². The van der Waals surface area contributed by atoms with E-state index in [2.05, 4.69) is 29.4 Å². The maximum Gasteiger partial charge on any atom is 0.286 e. The first-order valence-electron chi connectivity index (χ1n) is 9.19. The topological polar surface area (TPSA) is 81.2 Å². The quantitative estimate of drug-likeness (QED) is 0.616. The molecule has 0 spiro atoms. The molecule has 1 atom stereocenters. The minimum absolute atomic E-state index is 0.242. The Bertz CT molecular complexity index is 1020. The van der Waals surface area contributed by atoms with Gasteiger partial charge in [0, 0.05) is 29.1 Å². The van der Waals surface area contributed by atoms with Crippen LogP contribution >= 0.6 is 23.1 Å². The Kier molecular flexibility index (Phi) is 5.92. The SMILES string of the molecule is Cc1sc(-c2ccccc2)nc1CCOc1ccc(CC2SC(=O)NC2=O)cn1. The number of thiazole rings is 1. The van der Waals surface area contributed by atoms with Crippen molar-refractivity contribution in [2.75, 3.05) is 6.61 Å². The Morgan fingerprint density at radius 2 is 1.97 bits per heavy atom. The third-order valence-electron chi connectivity index (χ3n) is 4.49. The maximum atomic E-state index is 11.6. The highest BCUT2D eigenvalue weighted by molar-refractivity contribution is 8.15. The highest BCUT2D eigenvalue weighted by Gasteiger charge is 2.31. The lowest BCUT2D eigenvalue weighted by Gasteiger charge is -2.07. The van der Waals surface area contributed by atoms with Crippen LogP contribution in [0.5, 0.6) is 5.88 Å². The van der Waals surface area contributed by atoms with Crippen molar-refractivity contribution in [3.63, 3.8) is 0 Å². The van der Waals surface area contributed by atoms with Gasteiger partial charge in [-0.3, -0.25) is 14.9 Å². The Morgan fingerprint density at radius 1 is 1.14 bits per heavy atom. The molecule has 29 heavy (non-hydrogen) atoms. The number of hydrogen-bond donors (Lipinski definition) is 1. The lowest BCUT2D eigenvalue weighted by Crippen LogP contribution is -2.25. The van der Waals surface area contributed by atoms with E-state index in [0.29, 0.717) is 25.3 Å². The molecule has 1 N–H and O–H groups in total. The lowest BCUT2D eigenvalue weighted by molar-refractivity contribution is -0.118. The minimum Gasteiger partial charge on any atom is -0.477 e. The number of carbonyl (C=O) groups excluding carboxylic acids is 2. The molecule has 148 valence electrons. The smallest absolute Gasteiger partial charge is 0.286 e. The number of ether oxygens (including phenoxy) is 1. The second-order valence-corrected chi connectivity index (χ2v) is 8.96. The van der Waals surface area contributed by atoms with Gasteiger partial charge < -0.3 is 4.74 Å². The van der Waals surface area contributed by atoms with Crippen LogP contribution in [0.4, 0.5) is 4.79 Å². The molecular weight excluding hydrogens is 406 g/mol. The number of carbonyl (C=O) groups is 2. The Hall–Kier alpha value is -2.71. The fourth-order valence-corrected chi connectivity index (χ4v) is 4.80. The Morgan fingerprint density at radius 3 is 2.66 bits per heavy atom. The fourth-order valence-electron chi connectivity index (χ4n) is 2.98. The summed E-state index contributed by atoms with van der Waals surface area (Å²) in [6.07, 6.45) is 2.86. The number of pyridine rings is 1. The molecule has 8 heteroatoms. The van der Waals surface area contributed by atoms with Crippen LogP contribution < -0.4 is 10.1 Å². The summed E-state index contributed by atoms with van der Waals surface area (Å²) >= 11 is 2.71. The van der Waals surface area contributed by atoms with Gasteiger partial charge in [-0.25, -0.2) is 9.97 Å². The largest absolute Gasteiger partial charge is 0.477 e. The van der Waals surface area contributed by atoms with Crippen molar-refractivity contribution in [2.45, 2.75) is 25.0 Å². The van der Waals surface area contributed by atoms with Crippen LogP contribution in [0.3, 0.4) is 0 Å². The highest BCUT2D eigenvalue weighted by atomic mass is 32.2. The number of nitrogens with zero attached hydrogens (tertiary/aromatic N) is 2. The van der Waals surface area contributed by atoms with E-state index in [9.17, 15) is 9.59 Å². The maximum absolute atomic E-state index is 11.6. The number of aromatic nitrogens is 2. The van der Waals surface area contributed by atoms with Gasteiger partial charge in [0.25, 0.3) is 5.24 Å². The van der Waals surface area contributed by atoms with Crippen LogP contribution in [0, 0.1) is 6.92 Å². The van der Waals surface area contributed by atoms with Gasteiger partial charge in [-0.15, -0.1) is 11.3 Å². The molecule has 0 aliphatic carbocycles. The van der Waals surface area contributed by atoms with Crippen molar-refractivity contribution >= 4 is 34.2 Å². The van der Waals surface area contributed by atoms with Gasteiger partial charge in [-0.1, -0.05) is 48.2 Å². The van der Waals surface area contributed by atoms with Gasteiger partial charge in [0.05, 0.1) is 17.6 Å². The molecule has 2 amide bonds.